The van der Waals surface area contributed by atoms with Crippen molar-refractivity contribution in [2.45, 2.75) is 25.7 Å². The third kappa shape index (κ3) is 5.23. The van der Waals surface area contributed by atoms with Crippen LogP contribution in [0.5, 0.6) is 17.2 Å². The predicted octanol–water partition coefficient (Wildman–Crippen LogP) is 4.21. The van der Waals surface area contributed by atoms with Crippen LogP contribution in [0.2, 0.25) is 0 Å². The molecule has 0 saturated carbocycles. The lowest BCUT2D eigenvalue weighted by molar-refractivity contribution is -0.116. The molecule has 2 aromatic rings. The normalized spacial score (nSPS) is 14.7. The highest BCUT2D eigenvalue weighted by Gasteiger charge is 2.14. The van der Waals surface area contributed by atoms with E-state index in [2.05, 4.69) is 10.6 Å². The number of piperidine rings is 1. The fraction of sp³-hybridized carbons (Fsp3) is 0.381. The molecule has 5 heteroatoms. The minimum atomic E-state index is 0.0712. The lowest BCUT2D eigenvalue weighted by Crippen LogP contribution is -2.28. The summed E-state index contributed by atoms with van der Waals surface area (Å²) in [5.41, 5.74) is 0.785. The number of benzene rings is 2. The third-order valence-corrected chi connectivity index (χ3v) is 4.67. The number of anilines is 1. The van der Waals surface area contributed by atoms with Crippen molar-refractivity contribution >= 4 is 11.6 Å². The molecule has 5 nitrogen and oxygen atoms in total. The molecule has 1 saturated heterocycles. The van der Waals surface area contributed by atoms with Gasteiger partial charge < -0.3 is 20.1 Å². The monoisotopic (exact) mass is 354 g/mol. The first-order chi connectivity index (χ1) is 12.7. The standard InChI is InChI=1S/C21H26N2O3/c1-25-19-4-2-3-5-20(19)26-18-9-7-17(8-10-18)23-21(24)11-6-16-12-14-22-15-13-16/h2-5,7-10,16,22H,6,11-15H2,1H3,(H,23,24). The van der Waals surface area contributed by atoms with Gasteiger partial charge in [-0.15, -0.1) is 0 Å². The molecule has 1 aliphatic rings. The van der Waals surface area contributed by atoms with Gasteiger partial charge in [-0.3, -0.25) is 4.79 Å². The molecule has 138 valence electrons. The number of nitrogens with one attached hydrogen (secondary N) is 2. The number of para-hydroxylation sites is 2. The minimum absolute atomic E-state index is 0.0712. The molecule has 1 aliphatic heterocycles. The van der Waals surface area contributed by atoms with E-state index in [9.17, 15) is 4.79 Å². The van der Waals surface area contributed by atoms with Crippen molar-refractivity contribution in [3.8, 4) is 17.2 Å². The van der Waals surface area contributed by atoms with Crippen molar-refractivity contribution in [2.75, 3.05) is 25.5 Å². The second-order valence-corrected chi connectivity index (χ2v) is 6.56. The first-order valence-corrected chi connectivity index (χ1v) is 9.16. The second-order valence-electron chi connectivity index (χ2n) is 6.56. The summed E-state index contributed by atoms with van der Waals surface area (Å²) in [7, 11) is 1.62. The predicted molar refractivity (Wildman–Crippen MR) is 103 cm³/mol. The number of amides is 1. The van der Waals surface area contributed by atoms with E-state index in [0.717, 1.165) is 25.2 Å². The van der Waals surface area contributed by atoms with Gasteiger partial charge in [-0.05, 0) is 74.7 Å². The summed E-state index contributed by atoms with van der Waals surface area (Å²) in [5, 5.41) is 6.31. The molecule has 26 heavy (non-hydrogen) atoms. The Balaban J connectivity index is 1.50. The number of rotatable bonds is 7. The van der Waals surface area contributed by atoms with Crippen molar-refractivity contribution in [1.29, 1.82) is 0 Å². The molecule has 0 aliphatic carbocycles. The van der Waals surface area contributed by atoms with Gasteiger partial charge in [-0.1, -0.05) is 12.1 Å². The van der Waals surface area contributed by atoms with Gasteiger partial charge >= 0.3 is 0 Å². The van der Waals surface area contributed by atoms with Crippen LogP contribution in [0.25, 0.3) is 0 Å². The molecule has 1 fully saturated rings. The highest BCUT2D eigenvalue weighted by atomic mass is 16.5. The third-order valence-electron chi connectivity index (χ3n) is 4.67. The van der Waals surface area contributed by atoms with Gasteiger partial charge in [-0.25, -0.2) is 0 Å². The Morgan fingerprint density at radius 1 is 1.08 bits per heavy atom. The van der Waals surface area contributed by atoms with E-state index in [1.165, 1.54) is 12.8 Å². The highest BCUT2D eigenvalue weighted by molar-refractivity contribution is 5.90. The van der Waals surface area contributed by atoms with Gasteiger partial charge in [0.15, 0.2) is 11.5 Å². The molecule has 0 unspecified atom stereocenters. The number of ether oxygens (including phenoxy) is 2. The van der Waals surface area contributed by atoms with Gasteiger partial charge in [0.2, 0.25) is 5.91 Å². The summed E-state index contributed by atoms with van der Waals surface area (Å²) < 4.78 is 11.1. The van der Waals surface area contributed by atoms with Crippen LogP contribution < -0.4 is 20.1 Å². The van der Waals surface area contributed by atoms with Gasteiger partial charge in [0.05, 0.1) is 7.11 Å². The Kier molecular flexibility index (Phi) is 6.50. The Labute approximate surface area is 154 Å². The zero-order chi connectivity index (χ0) is 18.2. The average molecular weight is 354 g/mol. The molecule has 3 rings (SSSR count). The van der Waals surface area contributed by atoms with Gasteiger partial charge in [0, 0.05) is 12.1 Å². The van der Waals surface area contributed by atoms with Gasteiger partial charge in [0.25, 0.3) is 0 Å². The van der Waals surface area contributed by atoms with E-state index in [0.29, 0.717) is 29.6 Å². The smallest absolute Gasteiger partial charge is 0.224 e. The fourth-order valence-corrected chi connectivity index (χ4v) is 3.17. The summed E-state index contributed by atoms with van der Waals surface area (Å²) >= 11 is 0. The Hall–Kier alpha value is -2.53. The van der Waals surface area contributed by atoms with Crippen LogP contribution >= 0.6 is 0 Å². The second kappa shape index (κ2) is 9.25. The van der Waals surface area contributed by atoms with Crippen molar-refractivity contribution in [3.63, 3.8) is 0 Å². The minimum Gasteiger partial charge on any atom is -0.493 e. The van der Waals surface area contributed by atoms with Crippen LogP contribution in [-0.2, 0) is 4.79 Å². The van der Waals surface area contributed by atoms with Gasteiger partial charge in [-0.2, -0.15) is 0 Å². The Morgan fingerprint density at radius 2 is 1.77 bits per heavy atom. The van der Waals surface area contributed by atoms with Crippen LogP contribution in [-0.4, -0.2) is 26.1 Å². The maximum Gasteiger partial charge on any atom is 0.224 e. The van der Waals surface area contributed by atoms with Crippen molar-refractivity contribution in [3.05, 3.63) is 48.5 Å². The van der Waals surface area contributed by atoms with Gasteiger partial charge in [0.1, 0.15) is 5.75 Å². The number of carbonyl (C=O) groups is 1. The molecule has 1 amide bonds. The summed E-state index contributed by atoms with van der Waals surface area (Å²) in [6, 6.07) is 14.9. The van der Waals surface area contributed by atoms with Crippen LogP contribution in [0.1, 0.15) is 25.7 Å². The average Bonchev–Trinajstić information content (AvgIpc) is 2.69. The number of methoxy groups -OCH3 is 1. The van der Waals surface area contributed by atoms with E-state index < -0.39 is 0 Å². The molecule has 1 heterocycles. The van der Waals surface area contributed by atoms with Crippen LogP contribution in [0.15, 0.2) is 48.5 Å². The van der Waals surface area contributed by atoms with Crippen LogP contribution in [0, 0.1) is 5.92 Å². The zero-order valence-corrected chi connectivity index (χ0v) is 15.2. The number of carbonyl (C=O) groups excluding carboxylic acids is 1. The maximum atomic E-state index is 12.1. The topological polar surface area (TPSA) is 59.6 Å². The van der Waals surface area contributed by atoms with Crippen LogP contribution in [0.3, 0.4) is 0 Å². The quantitative estimate of drug-likeness (QED) is 0.782. The van der Waals surface area contributed by atoms with E-state index >= 15 is 0 Å². The van der Waals surface area contributed by atoms with E-state index in [4.69, 9.17) is 9.47 Å². The highest BCUT2D eigenvalue weighted by Crippen LogP contribution is 2.31. The number of hydrogen-bond donors (Lipinski definition) is 2. The largest absolute Gasteiger partial charge is 0.493 e. The molecule has 0 spiro atoms. The maximum absolute atomic E-state index is 12.1. The SMILES string of the molecule is COc1ccccc1Oc1ccc(NC(=O)CCC2CCNCC2)cc1. The molecule has 0 radical (unpaired) electrons. The summed E-state index contributed by atoms with van der Waals surface area (Å²) in [4.78, 5) is 12.1. The number of hydrogen-bond acceptors (Lipinski definition) is 4. The summed E-state index contributed by atoms with van der Waals surface area (Å²) in [6.07, 6.45) is 3.87. The molecule has 0 atom stereocenters. The Morgan fingerprint density at radius 3 is 2.46 bits per heavy atom. The van der Waals surface area contributed by atoms with E-state index in [1.54, 1.807) is 7.11 Å². The first-order valence-electron chi connectivity index (χ1n) is 9.16. The Bertz CT molecular complexity index is 709. The molecular weight excluding hydrogens is 328 g/mol. The molecular formula is C21H26N2O3. The summed E-state index contributed by atoms with van der Waals surface area (Å²) in [6.45, 7) is 2.14. The lowest BCUT2D eigenvalue weighted by atomic mass is 9.93. The molecule has 0 bridgehead atoms. The molecule has 2 N–H and O–H groups in total. The van der Waals surface area contributed by atoms with Crippen molar-refractivity contribution in [1.82, 2.24) is 5.32 Å². The van der Waals surface area contributed by atoms with Crippen LogP contribution in [0.4, 0.5) is 5.69 Å². The summed E-state index contributed by atoms with van der Waals surface area (Å²) in [5.74, 6) is 2.78. The lowest BCUT2D eigenvalue weighted by Gasteiger charge is -2.22. The van der Waals surface area contributed by atoms with E-state index in [-0.39, 0.29) is 5.91 Å². The molecule has 2 aromatic carbocycles. The zero-order valence-electron chi connectivity index (χ0n) is 15.2. The van der Waals surface area contributed by atoms with Crippen molar-refractivity contribution < 1.29 is 14.3 Å². The molecule has 0 aromatic heterocycles. The first kappa shape index (κ1) is 18.3. The van der Waals surface area contributed by atoms with E-state index in [1.807, 2.05) is 48.5 Å². The van der Waals surface area contributed by atoms with Crippen molar-refractivity contribution in [2.24, 2.45) is 5.92 Å². The fourth-order valence-electron chi connectivity index (χ4n) is 3.17.